The van der Waals surface area contributed by atoms with Gasteiger partial charge in [0.05, 0.1) is 11.2 Å². The lowest BCUT2D eigenvalue weighted by molar-refractivity contribution is -0.137. The van der Waals surface area contributed by atoms with Gasteiger partial charge in [-0.15, -0.1) is 0 Å². The Bertz CT molecular complexity index is 507. The second-order valence-electron chi connectivity index (χ2n) is 3.15. The van der Waals surface area contributed by atoms with Crippen molar-refractivity contribution < 1.29 is 9.90 Å². The summed E-state index contributed by atoms with van der Waals surface area (Å²) in [6, 6.07) is 7.61. The summed E-state index contributed by atoms with van der Waals surface area (Å²) in [4.78, 5) is 10.6. The quantitative estimate of drug-likeness (QED) is 0.867. The van der Waals surface area contributed by atoms with Gasteiger partial charge in [0.2, 0.25) is 0 Å². The number of rotatable bonds is 3. The number of carbonyl (C=O) groups is 1. The predicted octanol–water partition coefficient (Wildman–Crippen LogP) is 2.02. The maximum atomic E-state index is 10.6. The summed E-state index contributed by atoms with van der Waals surface area (Å²) >= 11 is 3.33. The second kappa shape index (κ2) is 4.02. The van der Waals surface area contributed by atoms with Crippen molar-refractivity contribution in [1.29, 1.82) is 0 Å². The summed E-state index contributed by atoms with van der Waals surface area (Å²) in [5.74, 6) is -0.885. The Labute approximate surface area is 94.6 Å². The highest BCUT2D eigenvalue weighted by Crippen LogP contribution is 2.20. The number of benzene rings is 1. The molecule has 1 N–H and O–H groups in total. The van der Waals surface area contributed by atoms with E-state index in [2.05, 4.69) is 21.0 Å². The first-order chi connectivity index (χ1) is 7.22. The van der Waals surface area contributed by atoms with Gasteiger partial charge in [-0.05, 0) is 6.07 Å². The number of nitrogens with zero attached hydrogens (tertiary/aromatic N) is 2. The van der Waals surface area contributed by atoms with Crippen molar-refractivity contribution in [3.8, 4) is 0 Å². The fraction of sp³-hybridized carbons (Fsp3) is 0.200. The molecule has 0 radical (unpaired) electrons. The van der Waals surface area contributed by atoms with Gasteiger partial charge in [-0.1, -0.05) is 34.1 Å². The van der Waals surface area contributed by atoms with Gasteiger partial charge in [-0.25, -0.2) is 0 Å². The molecule has 0 aliphatic carbocycles. The van der Waals surface area contributed by atoms with Crippen LogP contribution in [0.15, 0.2) is 24.3 Å². The van der Waals surface area contributed by atoms with Crippen LogP contribution in [0.2, 0.25) is 0 Å². The van der Waals surface area contributed by atoms with Gasteiger partial charge in [0, 0.05) is 10.7 Å². The van der Waals surface area contributed by atoms with E-state index in [-0.39, 0.29) is 6.54 Å². The average molecular weight is 269 g/mol. The molecule has 78 valence electrons. The fourth-order valence-corrected chi connectivity index (χ4v) is 1.96. The monoisotopic (exact) mass is 268 g/mol. The molecule has 1 aromatic heterocycles. The first kappa shape index (κ1) is 10.2. The molecule has 1 aromatic carbocycles. The molecule has 1 heterocycles. The van der Waals surface area contributed by atoms with Crippen molar-refractivity contribution in [1.82, 2.24) is 9.78 Å². The number of fused-ring (bicyclic) bond motifs is 1. The smallest absolute Gasteiger partial charge is 0.325 e. The van der Waals surface area contributed by atoms with Crippen LogP contribution in [0.3, 0.4) is 0 Å². The molecule has 0 fully saturated rings. The number of para-hydroxylation sites is 1. The predicted molar refractivity (Wildman–Crippen MR) is 60.0 cm³/mol. The largest absolute Gasteiger partial charge is 0.480 e. The van der Waals surface area contributed by atoms with E-state index in [4.69, 9.17) is 5.11 Å². The van der Waals surface area contributed by atoms with E-state index < -0.39 is 5.97 Å². The zero-order valence-corrected chi connectivity index (χ0v) is 9.44. The van der Waals surface area contributed by atoms with Crippen LogP contribution in [0.1, 0.15) is 5.69 Å². The van der Waals surface area contributed by atoms with Crippen LogP contribution in [-0.4, -0.2) is 20.9 Å². The van der Waals surface area contributed by atoms with Crippen molar-refractivity contribution in [2.75, 3.05) is 0 Å². The Balaban J connectivity index is 2.59. The second-order valence-corrected chi connectivity index (χ2v) is 3.71. The Hall–Kier alpha value is -1.36. The summed E-state index contributed by atoms with van der Waals surface area (Å²) < 4.78 is 1.51. The first-order valence-electron chi connectivity index (χ1n) is 4.44. The number of alkyl halides is 1. The lowest BCUT2D eigenvalue weighted by Crippen LogP contribution is -2.10. The van der Waals surface area contributed by atoms with Crippen LogP contribution < -0.4 is 0 Å². The molecule has 4 nitrogen and oxygen atoms in total. The molecule has 2 aromatic rings. The van der Waals surface area contributed by atoms with Gasteiger partial charge in [-0.3, -0.25) is 9.48 Å². The van der Waals surface area contributed by atoms with E-state index in [0.717, 1.165) is 16.6 Å². The van der Waals surface area contributed by atoms with Crippen molar-refractivity contribution in [2.24, 2.45) is 0 Å². The highest BCUT2D eigenvalue weighted by Gasteiger charge is 2.10. The molecule has 0 aliphatic rings. The minimum atomic E-state index is -0.885. The van der Waals surface area contributed by atoms with Crippen molar-refractivity contribution in [2.45, 2.75) is 11.9 Å². The zero-order chi connectivity index (χ0) is 10.8. The van der Waals surface area contributed by atoms with E-state index in [1.807, 2.05) is 24.3 Å². The zero-order valence-electron chi connectivity index (χ0n) is 7.85. The van der Waals surface area contributed by atoms with Crippen LogP contribution in [-0.2, 0) is 16.7 Å². The van der Waals surface area contributed by atoms with Gasteiger partial charge in [0.1, 0.15) is 6.54 Å². The van der Waals surface area contributed by atoms with Crippen molar-refractivity contribution in [3.05, 3.63) is 30.0 Å². The molecule has 0 saturated heterocycles. The maximum Gasteiger partial charge on any atom is 0.325 e. The van der Waals surface area contributed by atoms with Crippen LogP contribution in [0, 0.1) is 0 Å². The van der Waals surface area contributed by atoms with Crippen LogP contribution in [0.5, 0.6) is 0 Å². The number of carboxylic acid groups (broad SMARTS) is 1. The van der Waals surface area contributed by atoms with Gasteiger partial charge in [0.15, 0.2) is 0 Å². The van der Waals surface area contributed by atoms with Gasteiger partial charge in [0.25, 0.3) is 0 Å². The Morgan fingerprint density at radius 2 is 2.20 bits per heavy atom. The first-order valence-corrected chi connectivity index (χ1v) is 5.56. The third-order valence-electron chi connectivity index (χ3n) is 2.15. The number of hydrogen-bond acceptors (Lipinski definition) is 2. The highest BCUT2D eigenvalue weighted by molar-refractivity contribution is 9.08. The molecular weight excluding hydrogens is 260 g/mol. The third-order valence-corrected chi connectivity index (χ3v) is 2.68. The molecule has 0 atom stereocenters. The van der Waals surface area contributed by atoms with E-state index in [1.54, 1.807) is 0 Å². The molecule has 5 heteroatoms. The lowest BCUT2D eigenvalue weighted by atomic mass is 10.2. The topological polar surface area (TPSA) is 55.1 Å². The highest BCUT2D eigenvalue weighted by atomic mass is 79.9. The number of carboxylic acids is 1. The Morgan fingerprint density at radius 1 is 1.47 bits per heavy atom. The molecule has 0 saturated carbocycles. The molecule has 0 spiro atoms. The van der Waals surface area contributed by atoms with Crippen LogP contribution in [0.4, 0.5) is 0 Å². The number of halogens is 1. The van der Waals surface area contributed by atoms with E-state index >= 15 is 0 Å². The van der Waals surface area contributed by atoms with Crippen LogP contribution in [0.25, 0.3) is 10.9 Å². The standard InChI is InChI=1S/C10H9BrN2O2/c11-5-8-7-3-1-2-4-9(7)13(12-8)6-10(14)15/h1-4H,5-6H2,(H,14,15). The van der Waals surface area contributed by atoms with E-state index in [1.165, 1.54) is 4.68 Å². The third kappa shape index (κ3) is 1.87. The Kier molecular flexibility index (Phi) is 2.73. The number of aromatic nitrogens is 2. The average Bonchev–Trinajstić information content (AvgIpc) is 2.56. The van der Waals surface area contributed by atoms with Gasteiger partial charge >= 0.3 is 5.97 Å². The summed E-state index contributed by atoms with van der Waals surface area (Å²) in [5.41, 5.74) is 1.72. The van der Waals surface area contributed by atoms with E-state index in [0.29, 0.717) is 5.33 Å². The summed E-state index contributed by atoms with van der Waals surface area (Å²) in [7, 11) is 0. The molecule has 0 bridgehead atoms. The molecule has 0 amide bonds. The number of aliphatic carboxylic acids is 1. The molecule has 2 rings (SSSR count). The fourth-order valence-electron chi connectivity index (χ4n) is 1.54. The summed E-state index contributed by atoms with van der Waals surface area (Å²) in [5, 5.41) is 14.6. The van der Waals surface area contributed by atoms with Crippen molar-refractivity contribution >= 4 is 32.8 Å². The summed E-state index contributed by atoms with van der Waals surface area (Å²) in [6.07, 6.45) is 0. The maximum absolute atomic E-state index is 10.6. The molecule has 0 aliphatic heterocycles. The lowest BCUT2D eigenvalue weighted by Gasteiger charge is -1.97. The van der Waals surface area contributed by atoms with E-state index in [9.17, 15) is 4.79 Å². The minimum absolute atomic E-state index is 0.104. The molecule has 0 unspecified atom stereocenters. The number of hydrogen-bond donors (Lipinski definition) is 1. The Morgan fingerprint density at radius 3 is 2.87 bits per heavy atom. The summed E-state index contributed by atoms with van der Waals surface area (Å²) in [6.45, 7) is -0.104. The molecule has 15 heavy (non-hydrogen) atoms. The SMILES string of the molecule is O=C(O)Cn1nc(CBr)c2ccccc21. The van der Waals surface area contributed by atoms with Crippen LogP contribution >= 0.6 is 15.9 Å². The molecular formula is C10H9BrN2O2. The van der Waals surface area contributed by atoms with Gasteiger partial charge in [-0.2, -0.15) is 5.10 Å². The van der Waals surface area contributed by atoms with Gasteiger partial charge < -0.3 is 5.11 Å². The normalized spacial score (nSPS) is 10.7. The van der Waals surface area contributed by atoms with Crippen molar-refractivity contribution in [3.63, 3.8) is 0 Å². The minimum Gasteiger partial charge on any atom is -0.480 e.